The van der Waals surface area contributed by atoms with Crippen LogP contribution in [-0.4, -0.2) is 17.0 Å². The van der Waals surface area contributed by atoms with E-state index in [-0.39, 0.29) is 6.10 Å². The van der Waals surface area contributed by atoms with Gasteiger partial charge in [0.1, 0.15) is 5.75 Å². The fourth-order valence-corrected chi connectivity index (χ4v) is 2.27. The maximum Gasteiger partial charge on any atom is 0.151 e. The highest BCUT2D eigenvalue weighted by atomic mass is 16.5. The lowest BCUT2D eigenvalue weighted by Gasteiger charge is -2.13. The molecule has 0 unspecified atom stereocenters. The summed E-state index contributed by atoms with van der Waals surface area (Å²) in [5.74, 6) is 0.840. The average molecular weight is 257 g/mol. The lowest BCUT2D eigenvalue weighted by molar-refractivity contribution is 0.112. The Balaban J connectivity index is 2.47. The molecule has 2 aromatic rings. The van der Waals surface area contributed by atoms with Crippen molar-refractivity contribution in [2.75, 3.05) is 0 Å². The molecule has 0 radical (unpaired) electrons. The second-order valence-corrected chi connectivity index (χ2v) is 4.94. The van der Waals surface area contributed by atoms with Gasteiger partial charge in [0, 0.05) is 28.7 Å². The van der Waals surface area contributed by atoms with Gasteiger partial charge in [-0.2, -0.15) is 0 Å². The van der Waals surface area contributed by atoms with Gasteiger partial charge in [0.05, 0.1) is 6.10 Å². The largest absolute Gasteiger partial charge is 0.491 e. The summed E-state index contributed by atoms with van der Waals surface area (Å²) < 4.78 is 7.77. The van der Waals surface area contributed by atoms with Crippen LogP contribution < -0.4 is 4.74 Å². The molecule has 0 atom stereocenters. The van der Waals surface area contributed by atoms with E-state index in [2.05, 4.69) is 4.57 Å². The Morgan fingerprint density at radius 3 is 2.53 bits per heavy atom. The number of aryl methyl sites for hydroxylation is 1. The minimum Gasteiger partial charge on any atom is -0.491 e. The number of ether oxygens (including phenoxy) is 1. The molecule has 100 valence electrons. The van der Waals surface area contributed by atoms with E-state index >= 15 is 0 Å². The van der Waals surface area contributed by atoms with Gasteiger partial charge in [-0.1, -0.05) is 6.07 Å². The van der Waals surface area contributed by atoms with Gasteiger partial charge in [0.15, 0.2) is 6.29 Å². The number of rotatable bonds is 4. The van der Waals surface area contributed by atoms with Gasteiger partial charge >= 0.3 is 0 Å². The molecular formula is C16H19NO2. The van der Waals surface area contributed by atoms with Crippen LogP contribution in [0.1, 0.15) is 35.6 Å². The number of carbonyl (C=O) groups excluding carboxylic acids is 1. The quantitative estimate of drug-likeness (QED) is 0.782. The second-order valence-electron chi connectivity index (χ2n) is 4.94. The summed E-state index contributed by atoms with van der Waals surface area (Å²) >= 11 is 0. The maximum atomic E-state index is 11.0. The van der Waals surface area contributed by atoms with Crippen molar-refractivity contribution in [1.29, 1.82) is 0 Å². The summed E-state index contributed by atoms with van der Waals surface area (Å²) in [7, 11) is 0. The van der Waals surface area contributed by atoms with Crippen LogP contribution in [0.5, 0.6) is 5.75 Å². The van der Waals surface area contributed by atoms with Crippen LogP contribution >= 0.6 is 0 Å². The molecule has 2 rings (SSSR count). The molecule has 3 heteroatoms. The van der Waals surface area contributed by atoms with Gasteiger partial charge in [0.2, 0.25) is 0 Å². The molecule has 0 aliphatic carbocycles. The van der Waals surface area contributed by atoms with Crippen molar-refractivity contribution in [2.45, 2.75) is 33.8 Å². The normalized spacial score (nSPS) is 10.8. The molecule has 0 saturated heterocycles. The molecular weight excluding hydrogens is 238 g/mol. The number of hydrogen-bond donors (Lipinski definition) is 0. The number of benzene rings is 1. The first-order valence-corrected chi connectivity index (χ1v) is 6.44. The van der Waals surface area contributed by atoms with E-state index in [0.717, 1.165) is 34.7 Å². The first kappa shape index (κ1) is 13.4. The van der Waals surface area contributed by atoms with Crippen LogP contribution in [0.2, 0.25) is 0 Å². The number of aldehydes is 1. The van der Waals surface area contributed by atoms with Crippen LogP contribution in [-0.2, 0) is 0 Å². The van der Waals surface area contributed by atoms with Crippen molar-refractivity contribution in [3.8, 4) is 11.4 Å². The molecule has 1 aromatic carbocycles. The van der Waals surface area contributed by atoms with Crippen molar-refractivity contribution in [1.82, 2.24) is 4.57 Å². The van der Waals surface area contributed by atoms with Crippen LogP contribution in [0.3, 0.4) is 0 Å². The Kier molecular flexibility index (Phi) is 3.74. The van der Waals surface area contributed by atoms with E-state index in [1.54, 1.807) is 0 Å². The lowest BCUT2D eigenvalue weighted by atomic mass is 10.2. The Bertz CT molecular complexity index is 597. The zero-order valence-corrected chi connectivity index (χ0v) is 11.8. The van der Waals surface area contributed by atoms with Gasteiger partial charge in [-0.25, -0.2) is 0 Å². The Labute approximate surface area is 113 Å². The predicted molar refractivity (Wildman–Crippen MR) is 76.4 cm³/mol. The molecule has 0 aliphatic heterocycles. The van der Waals surface area contributed by atoms with Gasteiger partial charge in [-0.15, -0.1) is 0 Å². The molecule has 1 aromatic heterocycles. The lowest BCUT2D eigenvalue weighted by Crippen LogP contribution is -2.06. The van der Waals surface area contributed by atoms with Crippen molar-refractivity contribution in [3.05, 3.63) is 47.3 Å². The fraction of sp³-hybridized carbons (Fsp3) is 0.312. The maximum absolute atomic E-state index is 11.0. The summed E-state index contributed by atoms with van der Waals surface area (Å²) in [5.41, 5.74) is 3.74. The molecule has 19 heavy (non-hydrogen) atoms. The van der Waals surface area contributed by atoms with E-state index in [0.29, 0.717) is 0 Å². The topological polar surface area (TPSA) is 31.2 Å². The van der Waals surface area contributed by atoms with Crippen LogP contribution in [0.4, 0.5) is 0 Å². The first-order valence-electron chi connectivity index (χ1n) is 6.44. The van der Waals surface area contributed by atoms with Crippen LogP contribution in [0, 0.1) is 13.8 Å². The average Bonchev–Trinajstić information content (AvgIpc) is 2.63. The molecule has 0 N–H and O–H groups in total. The Morgan fingerprint density at radius 2 is 1.95 bits per heavy atom. The third kappa shape index (κ3) is 2.70. The van der Waals surface area contributed by atoms with Gasteiger partial charge in [-0.3, -0.25) is 4.79 Å². The molecule has 1 heterocycles. The predicted octanol–water partition coefficient (Wildman–Crippen LogP) is 3.69. The highest BCUT2D eigenvalue weighted by molar-refractivity contribution is 5.77. The monoisotopic (exact) mass is 257 g/mol. The smallest absolute Gasteiger partial charge is 0.151 e. The third-order valence-electron chi connectivity index (χ3n) is 3.04. The third-order valence-corrected chi connectivity index (χ3v) is 3.04. The number of aromatic nitrogens is 1. The van der Waals surface area contributed by atoms with E-state index in [1.165, 1.54) is 0 Å². The molecule has 3 nitrogen and oxygen atoms in total. The van der Waals surface area contributed by atoms with Gasteiger partial charge < -0.3 is 9.30 Å². The second kappa shape index (κ2) is 5.31. The van der Waals surface area contributed by atoms with E-state index < -0.39 is 0 Å². The number of carbonyl (C=O) groups is 1. The van der Waals surface area contributed by atoms with Gasteiger partial charge in [-0.05, 0) is 45.9 Å². The fourth-order valence-electron chi connectivity index (χ4n) is 2.27. The van der Waals surface area contributed by atoms with E-state index in [9.17, 15) is 4.79 Å². The molecule has 0 amide bonds. The molecule has 0 spiro atoms. The van der Waals surface area contributed by atoms with Crippen molar-refractivity contribution >= 4 is 6.29 Å². The highest BCUT2D eigenvalue weighted by Gasteiger charge is 2.10. The minimum absolute atomic E-state index is 0.146. The molecule has 0 fully saturated rings. The van der Waals surface area contributed by atoms with Crippen LogP contribution in [0.25, 0.3) is 5.69 Å². The summed E-state index contributed by atoms with van der Waals surface area (Å²) in [6.45, 7) is 7.95. The standard InChI is InChI=1S/C16H19NO2/c1-11(2)19-16-7-5-6-15(9-16)17-12(3)8-14(10-18)13(17)4/h5-11H,1-4H3. The first-order chi connectivity index (χ1) is 9.02. The zero-order valence-electron chi connectivity index (χ0n) is 11.8. The van der Waals surface area contributed by atoms with Crippen molar-refractivity contribution < 1.29 is 9.53 Å². The molecule has 0 saturated carbocycles. The van der Waals surface area contributed by atoms with Crippen molar-refractivity contribution in [3.63, 3.8) is 0 Å². The summed E-state index contributed by atoms with van der Waals surface area (Å²) in [4.78, 5) is 11.0. The van der Waals surface area contributed by atoms with Crippen molar-refractivity contribution in [2.24, 2.45) is 0 Å². The minimum atomic E-state index is 0.146. The summed E-state index contributed by atoms with van der Waals surface area (Å²) in [6.07, 6.45) is 1.04. The number of hydrogen-bond acceptors (Lipinski definition) is 2. The SMILES string of the molecule is Cc1cc(C=O)c(C)n1-c1cccc(OC(C)C)c1. The highest BCUT2D eigenvalue weighted by Crippen LogP contribution is 2.23. The van der Waals surface area contributed by atoms with E-state index in [1.807, 2.05) is 58.0 Å². The zero-order chi connectivity index (χ0) is 14.0. The van der Waals surface area contributed by atoms with E-state index in [4.69, 9.17) is 4.74 Å². The summed E-state index contributed by atoms with van der Waals surface area (Å²) in [5, 5.41) is 0. The summed E-state index contributed by atoms with van der Waals surface area (Å²) in [6, 6.07) is 9.82. The Hall–Kier alpha value is -2.03. The molecule has 0 aliphatic rings. The number of nitrogens with zero attached hydrogens (tertiary/aromatic N) is 1. The van der Waals surface area contributed by atoms with Gasteiger partial charge in [0.25, 0.3) is 0 Å². The van der Waals surface area contributed by atoms with Crippen LogP contribution in [0.15, 0.2) is 30.3 Å². The molecule has 0 bridgehead atoms. The Morgan fingerprint density at radius 1 is 1.21 bits per heavy atom.